The number of aromatic nitrogens is 3. The van der Waals surface area contributed by atoms with Gasteiger partial charge in [0.05, 0.1) is 28.1 Å². The maximum Gasteiger partial charge on any atom is 0.365 e. The molecule has 3 heterocycles. The number of benzene rings is 2. The Balaban J connectivity index is 1.46. The van der Waals surface area contributed by atoms with Crippen molar-refractivity contribution in [2.75, 3.05) is 0 Å². The molecule has 4 aromatic rings. The van der Waals surface area contributed by atoms with Crippen LogP contribution in [0.1, 0.15) is 36.8 Å². The molecule has 0 N–H and O–H groups in total. The number of imide groups is 1. The van der Waals surface area contributed by atoms with Crippen molar-refractivity contribution in [1.29, 1.82) is 0 Å². The van der Waals surface area contributed by atoms with E-state index in [1.54, 1.807) is 22.9 Å². The van der Waals surface area contributed by atoms with Crippen molar-refractivity contribution in [1.82, 2.24) is 19.8 Å². The fourth-order valence-electron chi connectivity index (χ4n) is 3.39. The van der Waals surface area contributed by atoms with Crippen LogP contribution < -0.4 is 0 Å². The van der Waals surface area contributed by atoms with Gasteiger partial charge in [0, 0.05) is 11.6 Å². The highest BCUT2D eigenvalue weighted by Gasteiger charge is 2.38. The number of hydrogen-bond acceptors (Lipinski definition) is 6. The highest BCUT2D eigenvalue weighted by Crippen LogP contribution is 2.25. The molecule has 0 atom stereocenters. The number of carbonyl (C=O) groups excluding carboxylic acids is 3. The molecule has 0 saturated carbocycles. The molecule has 146 valence electrons. The summed E-state index contributed by atoms with van der Waals surface area (Å²) in [5, 5.41) is 5.64. The average molecular weight is 398 g/mol. The number of fused-ring (bicyclic) bond motifs is 2. The molecule has 8 heteroatoms. The standard InChI is InChI=1S/C22H14N4O4/c1-13-18-11-14(12-23-19(18)25(24-13)15-7-3-2-4-8-15)22(29)30-26-20(27)16-9-5-6-10-17(16)21(26)28/h2-12H,1H3. The second-order valence-corrected chi connectivity index (χ2v) is 6.76. The van der Waals surface area contributed by atoms with Gasteiger partial charge < -0.3 is 4.84 Å². The van der Waals surface area contributed by atoms with Crippen LogP contribution in [0.15, 0.2) is 66.9 Å². The molecular formula is C22H14N4O4. The molecule has 8 nitrogen and oxygen atoms in total. The molecule has 30 heavy (non-hydrogen) atoms. The Hall–Kier alpha value is -4.33. The van der Waals surface area contributed by atoms with Crippen LogP contribution in [0, 0.1) is 6.92 Å². The van der Waals surface area contributed by atoms with Crippen molar-refractivity contribution in [2.24, 2.45) is 0 Å². The first-order valence-electron chi connectivity index (χ1n) is 9.15. The van der Waals surface area contributed by atoms with E-state index in [1.165, 1.54) is 18.3 Å². The second-order valence-electron chi connectivity index (χ2n) is 6.76. The van der Waals surface area contributed by atoms with Crippen molar-refractivity contribution in [3.05, 3.63) is 89.2 Å². The normalized spacial score (nSPS) is 13.0. The first kappa shape index (κ1) is 17.7. The minimum atomic E-state index is -0.856. The van der Waals surface area contributed by atoms with Gasteiger partial charge in [0.2, 0.25) is 0 Å². The molecule has 0 spiro atoms. The van der Waals surface area contributed by atoms with E-state index < -0.39 is 17.8 Å². The Bertz CT molecular complexity index is 1310. The molecule has 2 aromatic carbocycles. The Morgan fingerprint density at radius 1 is 0.933 bits per heavy atom. The topological polar surface area (TPSA) is 94.4 Å². The zero-order chi connectivity index (χ0) is 20.8. The molecule has 0 bridgehead atoms. The molecule has 2 aromatic heterocycles. The zero-order valence-corrected chi connectivity index (χ0v) is 15.8. The molecule has 1 aliphatic rings. The van der Waals surface area contributed by atoms with Gasteiger partial charge in [0.15, 0.2) is 5.65 Å². The third kappa shape index (κ3) is 2.66. The maximum absolute atomic E-state index is 12.6. The molecule has 1 aliphatic heterocycles. The summed E-state index contributed by atoms with van der Waals surface area (Å²) >= 11 is 0. The van der Waals surface area contributed by atoms with Crippen LogP contribution >= 0.6 is 0 Å². The lowest BCUT2D eigenvalue weighted by molar-refractivity contribution is -0.0584. The van der Waals surface area contributed by atoms with Crippen LogP contribution in [-0.2, 0) is 4.84 Å². The first-order chi connectivity index (χ1) is 14.5. The summed E-state index contributed by atoms with van der Waals surface area (Å²) in [4.78, 5) is 46.9. The quantitative estimate of drug-likeness (QED) is 0.492. The highest BCUT2D eigenvalue weighted by molar-refractivity contribution is 6.21. The summed E-state index contributed by atoms with van der Waals surface area (Å²) in [5.74, 6) is -2.21. The van der Waals surface area contributed by atoms with Crippen molar-refractivity contribution < 1.29 is 19.2 Å². The largest absolute Gasteiger partial charge is 0.365 e. The van der Waals surface area contributed by atoms with Gasteiger partial charge in [-0.25, -0.2) is 14.5 Å². The summed E-state index contributed by atoms with van der Waals surface area (Å²) < 4.78 is 1.68. The third-order valence-corrected chi connectivity index (χ3v) is 4.87. The van der Waals surface area contributed by atoms with E-state index in [0.29, 0.717) is 21.8 Å². The van der Waals surface area contributed by atoms with Crippen molar-refractivity contribution in [2.45, 2.75) is 6.92 Å². The summed E-state index contributed by atoms with van der Waals surface area (Å²) in [7, 11) is 0. The van der Waals surface area contributed by atoms with Gasteiger partial charge in [-0.3, -0.25) is 9.59 Å². The number of pyridine rings is 1. The Labute approximate surface area is 170 Å². The SMILES string of the molecule is Cc1nn(-c2ccccc2)c2ncc(C(=O)ON3C(=O)c4ccccc4C3=O)cc12. The fraction of sp³-hybridized carbons (Fsp3) is 0.0455. The molecule has 2 amide bonds. The zero-order valence-electron chi connectivity index (χ0n) is 15.8. The maximum atomic E-state index is 12.6. The predicted octanol–water partition coefficient (Wildman–Crippen LogP) is 3.10. The summed E-state index contributed by atoms with van der Waals surface area (Å²) in [6.45, 7) is 1.81. The van der Waals surface area contributed by atoms with Crippen molar-refractivity contribution in [3.8, 4) is 5.69 Å². The van der Waals surface area contributed by atoms with Gasteiger partial charge in [-0.1, -0.05) is 35.4 Å². The van der Waals surface area contributed by atoms with Gasteiger partial charge in [-0.15, -0.1) is 0 Å². The van der Waals surface area contributed by atoms with Crippen molar-refractivity contribution >= 4 is 28.8 Å². The smallest absolute Gasteiger partial charge is 0.324 e. The van der Waals surface area contributed by atoms with E-state index >= 15 is 0 Å². The first-order valence-corrected chi connectivity index (χ1v) is 9.15. The Kier molecular flexibility index (Phi) is 3.92. The molecular weight excluding hydrogens is 384 g/mol. The summed E-state index contributed by atoms with van der Waals surface area (Å²) in [6.07, 6.45) is 1.34. The Morgan fingerprint density at radius 3 is 2.23 bits per heavy atom. The van der Waals surface area contributed by atoms with Crippen LogP contribution in [0.4, 0.5) is 0 Å². The monoisotopic (exact) mass is 398 g/mol. The van der Waals surface area contributed by atoms with Crippen LogP contribution in [0.25, 0.3) is 16.7 Å². The molecule has 0 aliphatic carbocycles. The number of amides is 2. The number of hydroxylamine groups is 2. The van der Waals surface area contributed by atoms with E-state index in [0.717, 1.165) is 5.69 Å². The van der Waals surface area contributed by atoms with E-state index in [1.807, 2.05) is 37.3 Å². The lowest BCUT2D eigenvalue weighted by Gasteiger charge is -2.12. The van der Waals surface area contributed by atoms with Crippen LogP contribution in [0.3, 0.4) is 0 Å². The molecule has 0 saturated heterocycles. The molecule has 0 unspecified atom stereocenters. The molecule has 0 fully saturated rings. The average Bonchev–Trinajstić information content (AvgIpc) is 3.24. The number of carbonyl (C=O) groups is 3. The Morgan fingerprint density at radius 2 is 1.57 bits per heavy atom. The number of rotatable bonds is 3. The highest BCUT2D eigenvalue weighted by atomic mass is 16.7. The van der Waals surface area contributed by atoms with Crippen LogP contribution in [0.5, 0.6) is 0 Å². The van der Waals surface area contributed by atoms with Crippen LogP contribution in [-0.4, -0.2) is 37.6 Å². The third-order valence-electron chi connectivity index (χ3n) is 4.87. The lowest BCUT2D eigenvalue weighted by atomic mass is 10.1. The fourth-order valence-corrected chi connectivity index (χ4v) is 3.39. The molecule has 5 rings (SSSR count). The van der Waals surface area contributed by atoms with Crippen LogP contribution in [0.2, 0.25) is 0 Å². The van der Waals surface area contributed by atoms with Gasteiger partial charge in [0.25, 0.3) is 11.8 Å². The van der Waals surface area contributed by atoms with Gasteiger partial charge >= 0.3 is 5.97 Å². The van der Waals surface area contributed by atoms with Gasteiger partial charge in [0.1, 0.15) is 0 Å². The summed E-state index contributed by atoms with van der Waals surface area (Å²) in [5.41, 5.74) is 2.60. The van der Waals surface area contributed by atoms with Gasteiger partial charge in [-0.2, -0.15) is 5.10 Å². The second kappa shape index (κ2) is 6.63. The predicted molar refractivity (Wildman–Crippen MR) is 106 cm³/mol. The minimum Gasteiger partial charge on any atom is -0.324 e. The van der Waals surface area contributed by atoms with Crippen molar-refractivity contribution in [3.63, 3.8) is 0 Å². The summed E-state index contributed by atoms with van der Waals surface area (Å²) in [6, 6.07) is 17.4. The van der Waals surface area contributed by atoms with E-state index in [-0.39, 0.29) is 16.7 Å². The van der Waals surface area contributed by atoms with E-state index in [4.69, 9.17) is 4.84 Å². The van der Waals surface area contributed by atoms with Gasteiger partial charge in [-0.05, 0) is 37.3 Å². The number of aryl methyl sites for hydroxylation is 1. The van der Waals surface area contributed by atoms with E-state index in [9.17, 15) is 14.4 Å². The number of nitrogens with zero attached hydrogens (tertiary/aromatic N) is 4. The number of para-hydroxylation sites is 1. The minimum absolute atomic E-state index is 0.106. The number of hydrogen-bond donors (Lipinski definition) is 0. The molecule has 0 radical (unpaired) electrons. The van der Waals surface area contributed by atoms with E-state index in [2.05, 4.69) is 10.1 Å². The lowest BCUT2D eigenvalue weighted by Crippen LogP contribution is -2.32.